The Bertz CT molecular complexity index is 142. The first-order valence-electron chi connectivity index (χ1n) is 4.01. The van der Waals surface area contributed by atoms with Crippen LogP contribution in [0.5, 0.6) is 0 Å². The molecule has 0 aliphatic carbocycles. The van der Waals surface area contributed by atoms with Gasteiger partial charge in [0, 0.05) is 7.11 Å². The lowest BCUT2D eigenvalue weighted by Crippen LogP contribution is -2.45. The molecule has 0 N–H and O–H groups in total. The molecule has 1 atom stereocenters. The highest BCUT2D eigenvalue weighted by atomic mass is 16.9. The first kappa shape index (κ1) is 9.92. The van der Waals surface area contributed by atoms with Gasteiger partial charge in [0.25, 0.3) is 0 Å². The van der Waals surface area contributed by atoms with Crippen LogP contribution in [-0.4, -0.2) is 32.1 Å². The van der Waals surface area contributed by atoms with Crippen molar-refractivity contribution < 1.29 is 18.9 Å². The molecule has 12 heavy (non-hydrogen) atoms. The van der Waals surface area contributed by atoms with Gasteiger partial charge in [0.15, 0.2) is 18.9 Å². The van der Waals surface area contributed by atoms with Crippen LogP contribution in [0.15, 0.2) is 0 Å². The smallest absolute Gasteiger partial charge is 0.189 e. The van der Waals surface area contributed by atoms with Gasteiger partial charge in [-0.15, -0.1) is 0 Å². The van der Waals surface area contributed by atoms with E-state index in [4.69, 9.17) is 18.9 Å². The van der Waals surface area contributed by atoms with Gasteiger partial charge in [-0.1, -0.05) is 0 Å². The first-order chi connectivity index (χ1) is 5.55. The molecule has 72 valence electrons. The summed E-state index contributed by atoms with van der Waals surface area (Å²) >= 11 is 0. The zero-order valence-electron chi connectivity index (χ0n) is 7.99. The minimum absolute atomic E-state index is 0.103. The van der Waals surface area contributed by atoms with E-state index in [9.17, 15) is 0 Å². The van der Waals surface area contributed by atoms with Crippen LogP contribution in [-0.2, 0) is 18.9 Å². The normalized spacial score (nSPS) is 22.0. The third kappa shape index (κ3) is 2.42. The monoisotopic (exact) mass is 176 g/mol. The summed E-state index contributed by atoms with van der Waals surface area (Å²) in [6.07, 6.45) is -0.340. The van der Waals surface area contributed by atoms with Crippen LogP contribution in [0, 0.1) is 0 Å². The first-order valence-corrected chi connectivity index (χ1v) is 4.01. The molecule has 0 amide bonds. The maximum atomic E-state index is 5.52. The van der Waals surface area contributed by atoms with Gasteiger partial charge in [-0.05, 0) is 20.8 Å². The van der Waals surface area contributed by atoms with E-state index < -0.39 is 5.79 Å². The van der Waals surface area contributed by atoms with E-state index in [0.29, 0.717) is 6.79 Å². The van der Waals surface area contributed by atoms with Crippen LogP contribution >= 0.6 is 0 Å². The summed E-state index contributed by atoms with van der Waals surface area (Å²) in [5.41, 5.74) is 0. The molecule has 1 saturated heterocycles. The average molecular weight is 176 g/mol. The Balaban J connectivity index is 2.28. The quantitative estimate of drug-likeness (QED) is 0.601. The van der Waals surface area contributed by atoms with Gasteiger partial charge >= 0.3 is 0 Å². The highest BCUT2D eigenvalue weighted by molar-refractivity contribution is 4.64. The van der Waals surface area contributed by atoms with Gasteiger partial charge in [0.05, 0.1) is 0 Å². The fraction of sp³-hybridized carbons (Fsp3) is 1.00. The Kier molecular flexibility index (Phi) is 3.06. The van der Waals surface area contributed by atoms with Crippen molar-refractivity contribution in [2.45, 2.75) is 39.0 Å². The lowest BCUT2D eigenvalue weighted by molar-refractivity contribution is -0.372. The van der Waals surface area contributed by atoms with Crippen molar-refractivity contribution >= 4 is 0 Å². The molecule has 1 aliphatic heterocycles. The summed E-state index contributed by atoms with van der Waals surface area (Å²) in [5, 5.41) is 0. The van der Waals surface area contributed by atoms with Gasteiger partial charge in [-0.3, -0.25) is 0 Å². The minimum Gasteiger partial charge on any atom is -0.354 e. The molecule has 1 rings (SSSR count). The number of ether oxygens (including phenoxy) is 4. The van der Waals surface area contributed by atoms with Crippen LogP contribution in [0.2, 0.25) is 0 Å². The molecule has 0 bridgehead atoms. The number of hydrogen-bond acceptors (Lipinski definition) is 4. The second-order valence-corrected chi connectivity index (χ2v) is 3.25. The van der Waals surface area contributed by atoms with Crippen LogP contribution in [0.4, 0.5) is 0 Å². The number of rotatable bonds is 4. The minimum atomic E-state index is -0.582. The van der Waals surface area contributed by atoms with Gasteiger partial charge in [-0.2, -0.15) is 0 Å². The Morgan fingerprint density at radius 2 is 2.00 bits per heavy atom. The van der Waals surface area contributed by atoms with Crippen molar-refractivity contribution in [1.82, 2.24) is 0 Å². The molecule has 0 radical (unpaired) electrons. The molecule has 1 unspecified atom stereocenters. The molecule has 4 nitrogen and oxygen atoms in total. The van der Waals surface area contributed by atoms with Crippen molar-refractivity contribution in [2.24, 2.45) is 0 Å². The topological polar surface area (TPSA) is 36.9 Å². The van der Waals surface area contributed by atoms with E-state index in [1.54, 1.807) is 7.11 Å². The number of methoxy groups -OCH3 is 1. The highest BCUT2D eigenvalue weighted by Crippen LogP contribution is 2.20. The molecular formula is C8H16O4. The lowest BCUT2D eigenvalue weighted by atomic mass is 10.3. The Hall–Kier alpha value is -0.160. The maximum absolute atomic E-state index is 5.52. The van der Waals surface area contributed by atoms with Gasteiger partial charge in [-0.25, -0.2) is 0 Å². The van der Waals surface area contributed by atoms with Crippen LogP contribution in [0.3, 0.4) is 0 Å². The van der Waals surface area contributed by atoms with E-state index >= 15 is 0 Å². The van der Waals surface area contributed by atoms with Gasteiger partial charge < -0.3 is 18.9 Å². The molecule has 0 saturated carbocycles. The molecule has 0 aromatic heterocycles. The van der Waals surface area contributed by atoms with Crippen molar-refractivity contribution in [1.29, 1.82) is 0 Å². The van der Waals surface area contributed by atoms with Gasteiger partial charge in [0.2, 0.25) is 0 Å². The maximum Gasteiger partial charge on any atom is 0.189 e. The molecule has 1 aliphatic rings. The second-order valence-electron chi connectivity index (χ2n) is 3.25. The van der Waals surface area contributed by atoms with Crippen molar-refractivity contribution in [3.05, 3.63) is 0 Å². The molecule has 0 spiro atoms. The summed E-state index contributed by atoms with van der Waals surface area (Å²) in [7, 11) is 1.61. The summed E-state index contributed by atoms with van der Waals surface area (Å²) in [6.45, 7) is 5.96. The Morgan fingerprint density at radius 3 is 2.33 bits per heavy atom. The largest absolute Gasteiger partial charge is 0.354 e. The lowest BCUT2D eigenvalue weighted by Gasteiger charge is -2.35. The Morgan fingerprint density at radius 1 is 1.42 bits per heavy atom. The summed E-state index contributed by atoms with van der Waals surface area (Å²) in [4.78, 5) is 0. The second kappa shape index (κ2) is 3.70. The van der Waals surface area contributed by atoms with Crippen molar-refractivity contribution in [3.8, 4) is 0 Å². The third-order valence-electron chi connectivity index (χ3n) is 1.81. The summed E-state index contributed by atoms with van der Waals surface area (Å²) in [5.74, 6) is -0.582. The molecule has 0 aromatic carbocycles. The van der Waals surface area contributed by atoms with Crippen LogP contribution < -0.4 is 0 Å². The SMILES string of the molecule is COC(C)(C)OC(C)C1OCO1. The van der Waals surface area contributed by atoms with Crippen molar-refractivity contribution in [2.75, 3.05) is 13.9 Å². The van der Waals surface area contributed by atoms with E-state index in [1.165, 1.54) is 0 Å². The van der Waals surface area contributed by atoms with E-state index in [2.05, 4.69) is 0 Å². The van der Waals surface area contributed by atoms with Gasteiger partial charge in [0.1, 0.15) is 6.10 Å². The Labute approximate surface area is 72.7 Å². The third-order valence-corrected chi connectivity index (χ3v) is 1.81. The number of hydrogen-bond donors (Lipinski definition) is 0. The fourth-order valence-electron chi connectivity index (χ4n) is 0.969. The van der Waals surface area contributed by atoms with Crippen molar-refractivity contribution in [3.63, 3.8) is 0 Å². The average Bonchev–Trinajstić information content (AvgIpc) is 1.82. The molecule has 4 heteroatoms. The fourth-order valence-corrected chi connectivity index (χ4v) is 0.969. The summed E-state index contributed by atoms with van der Waals surface area (Å²) in [6, 6.07) is 0. The van der Waals surface area contributed by atoms with E-state index in [1.807, 2.05) is 20.8 Å². The molecule has 1 heterocycles. The van der Waals surface area contributed by atoms with Crippen LogP contribution in [0.25, 0.3) is 0 Å². The summed E-state index contributed by atoms with van der Waals surface area (Å²) < 4.78 is 20.8. The molecule has 0 aromatic rings. The molecular weight excluding hydrogens is 160 g/mol. The predicted molar refractivity (Wildman–Crippen MR) is 42.5 cm³/mol. The zero-order chi connectivity index (χ0) is 9.19. The highest BCUT2D eigenvalue weighted by Gasteiger charge is 2.31. The van der Waals surface area contributed by atoms with Crippen LogP contribution in [0.1, 0.15) is 20.8 Å². The standard InChI is InChI=1S/C8H16O4/c1-6(7-10-5-11-7)12-8(2,3)9-4/h6-7H,5H2,1-4H3. The van der Waals surface area contributed by atoms with E-state index in [-0.39, 0.29) is 12.4 Å². The predicted octanol–water partition coefficient (Wildman–Crippen LogP) is 1.10. The zero-order valence-corrected chi connectivity index (χ0v) is 7.99. The molecule has 1 fully saturated rings. The van der Waals surface area contributed by atoms with E-state index in [0.717, 1.165) is 0 Å².